The van der Waals surface area contributed by atoms with Crippen molar-refractivity contribution in [2.45, 2.75) is 51.7 Å². The van der Waals surface area contributed by atoms with E-state index in [-0.39, 0.29) is 17.4 Å². The van der Waals surface area contributed by atoms with Gasteiger partial charge in [0.05, 0.1) is 38.0 Å². The number of nitrogens with one attached hydrogen (secondary N) is 1. The third-order valence-corrected chi connectivity index (χ3v) is 7.80. The van der Waals surface area contributed by atoms with Gasteiger partial charge < -0.3 is 29.1 Å². The van der Waals surface area contributed by atoms with Crippen molar-refractivity contribution in [1.29, 1.82) is 0 Å². The van der Waals surface area contributed by atoms with Gasteiger partial charge in [-0.2, -0.15) is 0 Å². The molecule has 8 heteroatoms. The molecular weight excluding hydrogens is 496 g/mol. The van der Waals surface area contributed by atoms with Gasteiger partial charge in [0.15, 0.2) is 0 Å². The van der Waals surface area contributed by atoms with E-state index < -0.39 is 17.7 Å². The fraction of sp³-hybridized carbons (Fsp3) is 0.484. The SMILES string of the molecule is CCCCOc1ccc([C@@H]2C(=C(O)c3ccc4c(c3)C[C@H](C)O4)C(=O)C(=O)N2CCC[NH+]2CCOCC2)cc1. The summed E-state index contributed by atoms with van der Waals surface area (Å²) < 4.78 is 17.1. The van der Waals surface area contributed by atoms with Crippen LogP contribution in [0.25, 0.3) is 5.76 Å². The Labute approximate surface area is 230 Å². The Morgan fingerprint density at radius 2 is 1.87 bits per heavy atom. The number of rotatable bonds is 10. The van der Waals surface area contributed by atoms with Crippen molar-refractivity contribution in [3.63, 3.8) is 0 Å². The van der Waals surface area contributed by atoms with Crippen molar-refractivity contribution in [2.24, 2.45) is 0 Å². The summed E-state index contributed by atoms with van der Waals surface area (Å²) in [5.41, 5.74) is 2.41. The highest BCUT2D eigenvalue weighted by Crippen LogP contribution is 2.41. The standard InChI is InChI=1S/C31H38N2O6/c1-3-4-16-38-25-9-6-22(7-10-25)28-27(29(34)23-8-11-26-24(20-23)19-21(2)39-26)30(35)31(36)33(28)13-5-12-32-14-17-37-18-15-32/h6-11,20-21,28,34H,3-5,12-19H2,1-2H3/p+1/t21-,28+/m0/s1. The number of carbonyl (C=O) groups is 2. The van der Waals surface area contributed by atoms with Crippen molar-refractivity contribution in [2.75, 3.05) is 46.0 Å². The van der Waals surface area contributed by atoms with E-state index in [1.807, 2.05) is 43.3 Å². The van der Waals surface area contributed by atoms with Crippen LogP contribution >= 0.6 is 0 Å². The van der Waals surface area contributed by atoms with Crippen molar-refractivity contribution in [3.8, 4) is 11.5 Å². The number of unbranched alkanes of at least 4 members (excludes halogenated alkanes) is 1. The number of ether oxygens (including phenoxy) is 3. The van der Waals surface area contributed by atoms with E-state index in [0.29, 0.717) is 18.7 Å². The van der Waals surface area contributed by atoms with Crippen LogP contribution in [-0.4, -0.2) is 73.8 Å². The lowest BCUT2D eigenvalue weighted by Gasteiger charge is -2.27. The van der Waals surface area contributed by atoms with Crippen molar-refractivity contribution < 1.29 is 33.8 Å². The summed E-state index contributed by atoms with van der Waals surface area (Å²) in [5.74, 6) is 0.169. The molecule has 3 heterocycles. The van der Waals surface area contributed by atoms with Gasteiger partial charge in [0, 0.05) is 24.9 Å². The molecule has 2 fully saturated rings. The maximum atomic E-state index is 13.4. The molecule has 1 amide bonds. The fourth-order valence-corrected chi connectivity index (χ4v) is 5.67. The lowest BCUT2D eigenvalue weighted by Crippen LogP contribution is -3.14. The van der Waals surface area contributed by atoms with Crippen LogP contribution in [0.2, 0.25) is 0 Å². The first-order valence-corrected chi connectivity index (χ1v) is 14.2. The van der Waals surface area contributed by atoms with Gasteiger partial charge in [-0.25, -0.2) is 0 Å². The Kier molecular flexibility index (Phi) is 8.53. The zero-order chi connectivity index (χ0) is 27.4. The van der Waals surface area contributed by atoms with Gasteiger partial charge >= 0.3 is 0 Å². The van der Waals surface area contributed by atoms with Crippen LogP contribution in [0, 0.1) is 0 Å². The largest absolute Gasteiger partial charge is 0.507 e. The third-order valence-electron chi connectivity index (χ3n) is 7.80. The first-order chi connectivity index (χ1) is 19.0. The highest BCUT2D eigenvalue weighted by Gasteiger charge is 2.46. The lowest BCUT2D eigenvalue weighted by molar-refractivity contribution is -0.908. The van der Waals surface area contributed by atoms with Gasteiger partial charge in [-0.05, 0) is 54.8 Å². The van der Waals surface area contributed by atoms with Gasteiger partial charge in [-0.1, -0.05) is 25.5 Å². The first-order valence-electron chi connectivity index (χ1n) is 14.2. The molecule has 0 radical (unpaired) electrons. The van der Waals surface area contributed by atoms with Crippen LogP contribution in [0.4, 0.5) is 0 Å². The Morgan fingerprint density at radius 3 is 2.62 bits per heavy atom. The first kappa shape index (κ1) is 27.2. The van der Waals surface area contributed by atoms with Crippen molar-refractivity contribution >= 4 is 17.4 Å². The molecule has 3 aliphatic rings. The van der Waals surface area contributed by atoms with Crippen LogP contribution in [0.5, 0.6) is 11.5 Å². The topological polar surface area (TPSA) is 89.7 Å². The number of aliphatic hydroxyl groups excluding tert-OH is 1. The van der Waals surface area contributed by atoms with E-state index in [4.69, 9.17) is 14.2 Å². The molecular formula is C31H39N2O6+. The smallest absolute Gasteiger partial charge is 0.295 e. The minimum atomic E-state index is -0.669. The zero-order valence-electron chi connectivity index (χ0n) is 22.9. The summed E-state index contributed by atoms with van der Waals surface area (Å²) in [6.45, 7) is 9.47. The van der Waals surface area contributed by atoms with Crippen molar-refractivity contribution in [1.82, 2.24) is 4.90 Å². The number of amides is 1. The van der Waals surface area contributed by atoms with Crippen LogP contribution < -0.4 is 14.4 Å². The van der Waals surface area contributed by atoms with Crippen LogP contribution in [-0.2, 0) is 20.7 Å². The zero-order valence-corrected chi connectivity index (χ0v) is 22.9. The molecule has 8 nitrogen and oxygen atoms in total. The van der Waals surface area contributed by atoms with Gasteiger partial charge in [0.1, 0.15) is 36.5 Å². The van der Waals surface area contributed by atoms with E-state index in [9.17, 15) is 14.7 Å². The lowest BCUT2D eigenvalue weighted by atomic mass is 9.94. The number of aliphatic hydroxyl groups is 1. The number of fused-ring (bicyclic) bond motifs is 1. The average molecular weight is 536 g/mol. The molecule has 2 saturated heterocycles. The number of benzene rings is 2. The molecule has 0 bridgehead atoms. The number of hydrogen-bond donors (Lipinski definition) is 2. The van der Waals surface area contributed by atoms with Gasteiger partial charge in [-0.15, -0.1) is 0 Å². The molecule has 3 aliphatic heterocycles. The number of likely N-dealkylation sites (tertiary alicyclic amines) is 1. The third kappa shape index (κ3) is 5.97. The molecule has 0 spiro atoms. The van der Waals surface area contributed by atoms with Gasteiger partial charge in [0.25, 0.3) is 11.7 Å². The number of hydrogen-bond acceptors (Lipinski definition) is 6. The second-order valence-electron chi connectivity index (χ2n) is 10.7. The van der Waals surface area contributed by atoms with Crippen molar-refractivity contribution in [3.05, 3.63) is 64.7 Å². The molecule has 208 valence electrons. The summed E-state index contributed by atoms with van der Waals surface area (Å²) in [6.07, 6.45) is 3.57. The summed E-state index contributed by atoms with van der Waals surface area (Å²) >= 11 is 0. The monoisotopic (exact) mass is 535 g/mol. The number of carbonyl (C=O) groups excluding carboxylic acids is 2. The number of ketones is 1. The normalized spacial score (nSPS) is 22.7. The summed E-state index contributed by atoms with van der Waals surface area (Å²) in [4.78, 5) is 29.8. The fourth-order valence-electron chi connectivity index (χ4n) is 5.67. The Balaban J connectivity index is 1.45. The van der Waals surface area contributed by atoms with E-state index in [1.165, 1.54) is 4.90 Å². The molecule has 0 aliphatic carbocycles. The molecule has 0 saturated carbocycles. The molecule has 39 heavy (non-hydrogen) atoms. The maximum Gasteiger partial charge on any atom is 0.295 e. The van der Waals surface area contributed by atoms with Crippen LogP contribution in [0.1, 0.15) is 55.8 Å². The molecule has 5 rings (SSSR count). The second kappa shape index (κ2) is 12.2. The predicted molar refractivity (Wildman–Crippen MR) is 147 cm³/mol. The maximum absolute atomic E-state index is 13.4. The quantitative estimate of drug-likeness (QED) is 0.211. The summed E-state index contributed by atoms with van der Waals surface area (Å²) in [5, 5.41) is 11.5. The minimum Gasteiger partial charge on any atom is -0.507 e. The highest BCUT2D eigenvalue weighted by atomic mass is 16.5. The number of quaternary nitrogens is 1. The second-order valence-corrected chi connectivity index (χ2v) is 10.7. The van der Waals surface area contributed by atoms with E-state index in [1.54, 1.807) is 11.0 Å². The molecule has 0 aromatic heterocycles. The molecule has 2 aromatic rings. The highest BCUT2D eigenvalue weighted by molar-refractivity contribution is 6.46. The Hall–Kier alpha value is -3.36. The van der Waals surface area contributed by atoms with Crippen LogP contribution in [0.3, 0.4) is 0 Å². The number of morpholine rings is 1. The number of nitrogens with zero attached hydrogens (tertiary/aromatic N) is 1. The molecule has 2 N–H and O–H groups in total. The summed E-state index contributed by atoms with van der Waals surface area (Å²) in [7, 11) is 0. The van der Waals surface area contributed by atoms with E-state index in [2.05, 4.69) is 6.92 Å². The van der Waals surface area contributed by atoms with E-state index >= 15 is 0 Å². The molecule has 2 atom stereocenters. The minimum absolute atomic E-state index is 0.0645. The number of Topliss-reactive ketones (excluding diaryl/α,β-unsaturated/α-hetero) is 1. The molecule has 2 aromatic carbocycles. The Bertz CT molecular complexity index is 1220. The Morgan fingerprint density at radius 1 is 1.10 bits per heavy atom. The molecule has 0 unspecified atom stereocenters. The van der Waals surface area contributed by atoms with E-state index in [0.717, 1.165) is 81.2 Å². The van der Waals surface area contributed by atoms with Gasteiger partial charge in [-0.3, -0.25) is 9.59 Å². The van der Waals surface area contributed by atoms with Crippen LogP contribution in [0.15, 0.2) is 48.0 Å². The van der Waals surface area contributed by atoms with Gasteiger partial charge in [0.2, 0.25) is 0 Å². The summed E-state index contributed by atoms with van der Waals surface area (Å²) in [6, 6.07) is 12.3. The predicted octanol–water partition coefficient (Wildman–Crippen LogP) is 2.92. The average Bonchev–Trinajstić information content (AvgIpc) is 3.45.